The van der Waals surface area contributed by atoms with Crippen molar-refractivity contribution in [1.82, 2.24) is 14.8 Å². The van der Waals surface area contributed by atoms with Crippen LogP contribution in [0.1, 0.15) is 18.7 Å². The molecular formula is C9H12N4S. The zero-order chi connectivity index (χ0) is 10.1. The number of thiazole rings is 1. The molecule has 74 valence electrons. The van der Waals surface area contributed by atoms with Crippen molar-refractivity contribution in [2.75, 3.05) is 0 Å². The van der Waals surface area contributed by atoms with Crippen molar-refractivity contribution in [3.63, 3.8) is 0 Å². The molecule has 0 saturated carbocycles. The second kappa shape index (κ2) is 3.51. The molecule has 2 N–H and O–H groups in total. The van der Waals surface area contributed by atoms with E-state index in [1.54, 1.807) is 16.0 Å². The SMILES string of the molecule is CC(N)c1csc(-c2ccn(C)n2)n1. The average Bonchev–Trinajstić information content (AvgIpc) is 2.70. The van der Waals surface area contributed by atoms with Crippen molar-refractivity contribution < 1.29 is 0 Å². The van der Waals surface area contributed by atoms with Gasteiger partial charge in [-0.05, 0) is 13.0 Å². The highest BCUT2D eigenvalue weighted by molar-refractivity contribution is 7.13. The maximum atomic E-state index is 5.73. The number of aromatic nitrogens is 3. The van der Waals surface area contributed by atoms with Crippen molar-refractivity contribution in [2.24, 2.45) is 12.8 Å². The van der Waals surface area contributed by atoms with Crippen LogP contribution in [0, 0.1) is 0 Å². The van der Waals surface area contributed by atoms with Gasteiger partial charge < -0.3 is 5.73 Å². The van der Waals surface area contributed by atoms with Crippen LogP contribution in [-0.4, -0.2) is 14.8 Å². The Hall–Kier alpha value is -1.20. The van der Waals surface area contributed by atoms with E-state index < -0.39 is 0 Å². The molecule has 0 aromatic carbocycles. The van der Waals surface area contributed by atoms with Gasteiger partial charge in [0.05, 0.1) is 5.69 Å². The van der Waals surface area contributed by atoms with Crippen molar-refractivity contribution in [1.29, 1.82) is 0 Å². The van der Waals surface area contributed by atoms with Crippen LogP contribution in [0.2, 0.25) is 0 Å². The lowest BCUT2D eigenvalue weighted by molar-refractivity contribution is 0.768. The number of nitrogens with zero attached hydrogens (tertiary/aromatic N) is 3. The second-order valence-corrected chi connectivity index (χ2v) is 4.10. The number of rotatable bonds is 2. The van der Waals surface area contributed by atoms with Gasteiger partial charge in [-0.3, -0.25) is 4.68 Å². The minimum absolute atomic E-state index is 0.0105. The first-order chi connectivity index (χ1) is 6.66. The van der Waals surface area contributed by atoms with Crippen LogP contribution in [0.25, 0.3) is 10.7 Å². The Labute approximate surface area is 86.4 Å². The molecule has 0 aliphatic heterocycles. The molecule has 0 amide bonds. The van der Waals surface area contributed by atoms with Gasteiger partial charge in [-0.25, -0.2) is 4.98 Å². The third-order valence-corrected chi connectivity index (χ3v) is 2.80. The Kier molecular flexibility index (Phi) is 2.35. The molecule has 4 nitrogen and oxygen atoms in total. The second-order valence-electron chi connectivity index (χ2n) is 3.24. The van der Waals surface area contributed by atoms with Crippen molar-refractivity contribution >= 4 is 11.3 Å². The lowest BCUT2D eigenvalue weighted by Gasteiger charge is -1.96. The molecule has 0 radical (unpaired) electrons. The Morgan fingerprint density at radius 1 is 1.57 bits per heavy atom. The fraction of sp³-hybridized carbons (Fsp3) is 0.333. The summed E-state index contributed by atoms with van der Waals surface area (Å²) >= 11 is 1.58. The van der Waals surface area contributed by atoms with Crippen LogP contribution >= 0.6 is 11.3 Å². The molecule has 1 atom stereocenters. The highest BCUT2D eigenvalue weighted by atomic mass is 32.1. The normalized spacial score (nSPS) is 13.1. The van der Waals surface area contributed by atoms with Gasteiger partial charge >= 0.3 is 0 Å². The molecule has 1 unspecified atom stereocenters. The van der Waals surface area contributed by atoms with Crippen LogP contribution in [0.15, 0.2) is 17.6 Å². The molecule has 5 heteroatoms. The van der Waals surface area contributed by atoms with Gasteiger partial charge in [0.25, 0.3) is 0 Å². The van der Waals surface area contributed by atoms with E-state index in [1.807, 2.05) is 31.6 Å². The van der Waals surface area contributed by atoms with Gasteiger partial charge in [0.2, 0.25) is 0 Å². The van der Waals surface area contributed by atoms with Crippen molar-refractivity contribution in [3.8, 4) is 10.7 Å². The quantitative estimate of drug-likeness (QED) is 0.815. The molecule has 0 aliphatic carbocycles. The average molecular weight is 208 g/mol. The summed E-state index contributed by atoms with van der Waals surface area (Å²) in [5.74, 6) is 0. The summed E-state index contributed by atoms with van der Waals surface area (Å²) in [6, 6.07) is 1.94. The molecule has 0 bridgehead atoms. The molecule has 0 fully saturated rings. The third-order valence-electron chi connectivity index (χ3n) is 1.92. The number of hydrogen-bond donors (Lipinski definition) is 1. The van der Waals surface area contributed by atoms with Gasteiger partial charge in [0.15, 0.2) is 0 Å². The molecule has 0 spiro atoms. The Morgan fingerprint density at radius 3 is 2.86 bits per heavy atom. The van der Waals surface area contributed by atoms with Crippen LogP contribution < -0.4 is 5.73 Å². The van der Waals surface area contributed by atoms with Gasteiger partial charge in [-0.2, -0.15) is 5.10 Å². The highest BCUT2D eigenvalue weighted by Gasteiger charge is 2.09. The predicted octanol–water partition coefficient (Wildman–Crippen LogP) is 1.56. The minimum Gasteiger partial charge on any atom is -0.323 e. The fourth-order valence-electron chi connectivity index (χ4n) is 1.14. The summed E-state index contributed by atoms with van der Waals surface area (Å²) < 4.78 is 1.77. The van der Waals surface area contributed by atoms with E-state index in [4.69, 9.17) is 5.73 Å². The van der Waals surface area contributed by atoms with Crippen LogP contribution in [0.4, 0.5) is 0 Å². The first kappa shape index (κ1) is 9.36. The zero-order valence-electron chi connectivity index (χ0n) is 8.14. The largest absolute Gasteiger partial charge is 0.323 e. The zero-order valence-corrected chi connectivity index (χ0v) is 8.95. The van der Waals surface area contributed by atoms with E-state index in [9.17, 15) is 0 Å². The van der Waals surface area contributed by atoms with Gasteiger partial charge in [0, 0.05) is 24.7 Å². The monoisotopic (exact) mass is 208 g/mol. The minimum atomic E-state index is -0.0105. The molecule has 2 aromatic heterocycles. The smallest absolute Gasteiger partial charge is 0.144 e. The lowest BCUT2D eigenvalue weighted by Crippen LogP contribution is -2.04. The summed E-state index contributed by atoms with van der Waals surface area (Å²) in [6.07, 6.45) is 1.91. The number of hydrogen-bond acceptors (Lipinski definition) is 4. The van der Waals surface area contributed by atoms with E-state index in [0.29, 0.717) is 0 Å². The van der Waals surface area contributed by atoms with E-state index in [1.165, 1.54) is 0 Å². The fourth-order valence-corrected chi connectivity index (χ4v) is 2.03. The number of nitrogens with two attached hydrogens (primary N) is 1. The van der Waals surface area contributed by atoms with E-state index >= 15 is 0 Å². The number of aryl methyl sites for hydroxylation is 1. The maximum Gasteiger partial charge on any atom is 0.144 e. The summed E-state index contributed by atoms with van der Waals surface area (Å²) in [4.78, 5) is 4.41. The third kappa shape index (κ3) is 1.69. The van der Waals surface area contributed by atoms with Gasteiger partial charge in [0.1, 0.15) is 10.7 Å². The van der Waals surface area contributed by atoms with Gasteiger partial charge in [-0.15, -0.1) is 11.3 Å². The van der Waals surface area contributed by atoms with E-state index in [2.05, 4.69) is 10.1 Å². The molecule has 0 aliphatic rings. The summed E-state index contributed by atoms with van der Waals surface area (Å²) in [5.41, 5.74) is 7.56. The summed E-state index contributed by atoms with van der Waals surface area (Å²) in [6.45, 7) is 1.93. The van der Waals surface area contributed by atoms with Crippen LogP contribution in [-0.2, 0) is 7.05 Å². The van der Waals surface area contributed by atoms with Crippen molar-refractivity contribution in [3.05, 3.63) is 23.3 Å². The topological polar surface area (TPSA) is 56.7 Å². The maximum absolute atomic E-state index is 5.73. The first-order valence-corrected chi connectivity index (χ1v) is 5.26. The Balaban J connectivity index is 2.33. The molecule has 0 saturated heterocycles. The standard InChI is InChI=1S/C9H12N4S/c1-6(10)8-5-14-9(11-8)7-3-4-13(2)12-7/h3-6H,10H2,1-2H3. The first-order valence-electron chi connectivity index (χ1n) is 4.38. The molecular weight excluding hydrogens is 196 g/mol. The van der Waals surface area contributed by atoms with Crippen molar-refractivity contribution in [2.45, 2.75) is 13.0 Å². The Morgan fingerprint density at radius 2 is 2.36 bits per heavy atom. The molecule has 2 rings (SSSR count). The molecule has 14 heavy (non-hydrogen) atoms. The Bertz CT molecular complexity index is 429. The molecule has 2 aromatic rings. The van der Waals surface area contributed by atoms with E-state index in [-0.39, 0.29) is 6.04 Å². The highest BCUT2D eigenvalue weighted by Crippen LogP contribution is 2.23. The summed E-state index contributed by atoms with van der Waals surface area (Å²) in [7, 11) is 1.89. The van der Waals surface area contributed by atoms with Crippen LogP contribution in [0.3, 0.4) is 0 Å². The van der Waals surface area contributed by atoms with E-state index in [0.717, 1.165) is 16.4 Å². The predicted molar refractivity (Wildman–Crippen MR) is 56.9 cm³/mol. The van der Waals surface area contributed by atoms with Gasteiger partial charge in [-0.1, -0.05) is 0 Å². The lowest BCUT2D eigenvalue weighted by atomic mass is 10.3. The van der Waals surface area contributed by atoms with Crippen LogP contribution in [0.5, 0.6) is 0 Å². The molecule has 2 heterocycles. The summed E-state index contributed by atoms with van der Waals surface area (Å²) in [5, 5.41) is 7.19.